The molecule has 2 bridgehead atoms. The van der Waals surface area contributed by atoms with Gasteiger partial charge in [0.15, 0.2) is 5.82 Å². The lowest BCUT2D eigenvalue weighted by molar-refractivity contribution is -0.137. The quantitative estimate of drug-likeness (QED) is 0.256. The highest BCUT2D eigenvalue weighted by Crippen LogP contribution is 2.47. The highest BCUT2D eigenvalue weighted by molar-refractivity contribution is 6.04. The van der Waals surface area contributed by atoms with Crippen molar-refractivity contribution in [2.24, 2.45) is 7.05 Å². The van der Waals surface area contributed by atoms with E-state index in [1.165, 1.54) is 26.6 Å². The van der Waals surface area contributed by atoms with Crippen LogP contribution in [0.2, 0.25) is 0 Å². The Hall–Kier alpha value is -3.64. The summed E-state index contributed by atoms with van der Waals surface area (Å²) in [5.41, 5.74) is 5.76. The number of ether oxygens (including phenoxy) is 1. The number of aryl methyl sites for hydroxylation is 1. The van der Waals surface area contributed by atoms with Crippen molar-refractivity contribution in [2.45, 2.75) is 44.4 Å². The second-order valence-corrected chi connectivity index (χ2v) is 11.5. The maximum Gasteiger partial charge on any atom is 0.417 e. The van der Waals surface area contributed by atoms with Crippen molar-refractivity contribution >= 4 is 33.3 Å². The van der Waals surface area contributed by atoms with Crippen LogP contribution in [0.4, 0.5) is 29.1 Å². The Balaban J connectivity index is 0.000000573. The number of likely N-dealkylation sites (tertiary alicyclic amines) is 1. The molecule has 0 saturated carbocycles. The van der Waals surface area contributed by atoms with Crippen LogP contribution in [0.5, 0.6) is 6.01 Å². The minimum atomic E-state index is -4.83. The Morgan fingerprint density at radius 1 is 1.00 bits per heavy atom. The van der Waals surface area contributed by atoms with Crippen molar-refractivity contribution in [2.75, 3.05) is 51.0 Å². The molecule has 3 fully saturated rings. The number of piperazine rings is 1. The third-order valence-corrected chi connectivity index (χ3v) is 8.74. The van der Waals surface area contributed by atoms with E-state index in [-0.39, 0.29) is 40.4 Å². The Morgan fingerprint density at radius 2 is 1.67 bits per heavy atom. The van der Waals surface area contributed by atoms with E-state index in [0.29, 0.717) is 35.4 Å². The maximum absolute atomic E-state index is 16.5. The van der Waals surface area contributed by atoms with Crippen LogP contribution < -0.4 is 20.7 Å². The van der Waals surface area contributed by atoms with E-state index in [1.807, 2.05) is 4.90 Å². The van der Waals surface area contributed by atoms with E-state index in [1.54, 1.807) is 36.7 Å². The Kier molecular flexibility index (Phi) is 7.17. The van der Waals surface area contributed by atoms with Crippen molar-refractivity contribution < 1.29 is 22.3 Å². The number of nitrogens with zero attached hydrogens (tertiary/aromatic N) is 5. The fourth-order valence-corrected chi connectivity index (χ4v) is 6.34. The van der Waals surface area contributed by atoms with E-state index in [2.05, 4.69) is 27.2 Å². The smallest absolute Gasteiger partial charge is 0.417 e. The third-order valence-electron chi connectivity index (χ3n) is 8.74. The summed E-state index contributed by atoms with van der Waals surface area (Å²) >= 11 is 0. The Bertz CT molecular complexity index is 1650. The molecule has 12 heteroatoms. The van der Waals surface area contributed by atoms with Gasteiger partial charge in [0.1, 0.15) is 11.3 Å². The van der Waals surface area contributed by atoms with Crippen LogP contribution in [-0.2, 0) is 13.2 Å². The molecule has 3 saturated heterocycles. The van der Waals surface area contributed by atoms with Gasteiger partial charge >= 0.3 is 12.2 Å². The molecule has 2 atom stereocenters. The maximum atomic E-state index is 16.5. The number of hydrogen-bond acceptors (Lipinski definition) is 7. The summed E-state index contributed by atoms with van der Waals surface area (Å²) < 4.78 is 67.3. The molecule has 3 aliphatic rings. The minimum absolute atomic E-state index is 0.00748. The molecule has 224 valence electrons. The molecule has 0 aliphatic carbocycles. The molecule has 42 heavy (non-hydrogen) atoms. The monoisotopic (exact) mass is 585 g/mol. The zero-order valence-corrected chi connectivity index (χ0v) is 24.1. The van der Waals surface area contributed by atoms with Gasteiger partial charge in [-0.25, -0.2) is 4.39 Å². The second kappa shape index (κ2) is 10.6. The van der Waals surface area contributed by atoms with E-state index >= 15 is 4.39 Å². The zero-order valence-electron chi connectivity index (χ0n) is 24.1. The fraction of sp³-hybridized carbons (Fsp3) is 0.467. The van der Waals surface area contributed by atoms with Crippen molar-refractivity contribution in [3.63, 3.8) is 0 Å². The van der Waals surface area contributed by atoms with Gasteiger partial charge in [0.25, 0.3) is 0 Å². The van der Waals surface area contributed by atoms with Gasteiger partial charge in [0, 0.05) is 71.0 Å². The van der Waals surface area contributed by atoms with Crippen LogP contribution in [0, 0.1) is 12.7 Å². The van der Waals surface area contributed by atoms with Crippen LogP contribution in [-0.4, -0.2) is 71.9 Å². The van der Waals surface area contributed by atoms with Crippen LogP contribution in [0.15, 0.2) is 24.3 Å². The highest BCUT2D eigenvalue weighted by Gasteiger charge is 2.40. The number of alkyl halides is 3. The summed E-state index contributed by atoms with van der Waals surface area (Å²) in [7, 11) is 5.22. The van der Waals surface area contributed by atoms with Gasteiger partial charge in [-0.05, 0) is 70.6 Å². The molecule has 8 nitrogen and oxygen atoms in total. The number of halogens is 4. The van der Waals surface area contributed by atoms with Gasteiger partial charge in [0.2, 0.25) is 0 Å². The first kappa shape index (κ1) is 28.5. The van der Waals surface area contributed by atoms with Gasteiger partial charge in [0.05, 0.1) is 12.7 Å². The number of benzene rings is 2. The average Bonchev–Trinajstić information content (AvgIpc) is 3.40. The lowest BCUT2D eigenvalue weighted by atomic mass is 9.93. The van der Waals surface area contributed by atoms with E-state index < -0.39 is 23.1 Å². The molecular weight excluding hydrogens is 550 g/mol. The number of nitrogens with one attached hydrogen (secondary N) is 1. The molecule has 3 aliphatic heterocycles. The van der Waals surface area contributed by atoms with Crippen molar-refractivity contribution in [1.29, 1.82) is 0 Å². The predicted molar refractivity (Wildman–Crippen MR) is 156 cm³/mol. The van der Waals surface area contributed by atoms with Gasteiger partial charge in [-0.1, -0.05) is 0 Å². The normalized spacial score (nSPS) is 20.5. The molecule has 0 spiro atoms. The van der Waals surface area contributed by atoms with Crippen molar-refractivity contribution in [3.05, 3.63) is 41.3 Å². The standard InChI is InChI=1S/C26H26F4N6O.C4H9N/c1-12-20(16-8-13(31)4-7-19(16)35(12)2)21-18(26(28,29)30)9-17-23(22(21)27)33-25(37-3)34-24(17)36-10-14-5-6-15(11-36)32-14;1-5-3-2-4-5/h4,7-9,14-15,32H,5-6,10-11,31H2,1-3H3;2-4H2,1H3. The second-order valence-electron chi connectivity index (χ2n) is 11.5. The third kappa shape index (κ3) is 4.90. The first-order chi connectivity index (χ1) is 20.0. The van der Waals surface area contributed by atoms with E-state index in [4.69, 9.17) is 10.5 Å². The number of nitrogen functional groups attached to an aromatic ring is 1. The summed E-state index contributed by atoms with van der Waals surface area (Å²) in [5, 5.41) is 3.93. The largest absolute Gasteiger partial charge is 0.467 e. The van der Waals surface area contributed by atoms with Gasteiger partial charge < -0.3 is 30.2 Å². The van der Waals surface area contributed by atoms with E-state index in [9.17, 15) is 13.2 Å². The Labute approximate surface area is 241 Å². The molecule has 4 aromatic rings. The molecular formula is C30H35F4N7O. The zero-order chi connectivity index (χ0) is 29.9. The number of fused-ring (bicyclic) bond motifs is 4. The number of nitrogens with two attached hydrogens (primary N) is 1. The number of methoxy groups -OCH3 is 1. The molecule has 2 aromatic heterocycles. The van der Waals surface area contributed by atoms with Crippen LogP contribution >= 0.6 is 0 Å². The van der Waals surface area contributed by atoms with Crippen LogP contribution in [0.25, 0.3) is 32.9 Å². The van der Waals surface area contributed by atoms with Crippen LogP contribution in [0.1, 0.15) is 30.5 Å². The number of hydrogen-bond donors (Lipinski definition) is 2. The summed E-state index contributed by atoms with van der Waals surface area (Å²) in [5.74, 6) is -0.821. The molecule has 2 unspecified atom stereocenters. The predicted octanol–water partition coefficient (Wildman–Crippen LogP) is 5.11. The first-order valence-corrected chi connectivity index (χ1v) is 14.2. The van der Waals surface area contributed by atoms with Gasteiger partial charge in [-0.3, -0.25) is 0 Å². The molecule has 3 N–H and O–H groups in total. The van der Waals surface area contributed by atoms with Crippen molar-refractivity contribution in [3.8, 4) is 17.1 Å². The summed E-state index contributed by atoms with van der Waals surface area (Å²) in [4.78, 5) is 12.8. The minimum Gasteiger partial charge on any atom is -0.467 e. The molecule has 5 heterocycles. The fourth-order valence-electron chi connectivity index (χ4n) is 6.34. The lowest BCUT2D eigenvalue weighted by Crippen LogP contribution is -2.51. The van der Waals surface area contributed by atoms with Crippen molar-refractivity contribution in [1.82, 2.24) is 24.8 Å². The highest BCUT2D eigenvalue weighted by atomic mass is 19.4. The molecule has 7 rings (SSSR count). The number of rotatable bonds is 3. The topological polar surface area (TPSA) is 84.5 Å². The molecule has 2 aromatic carbocycles. The first-order valence-electron chi connectivity index (χ1n) is 14.2. The summed E-state index contributed by atoms with van der Waals surface area (Å²) in [6.45, 7) is 5.41. The van der Waals surface area contributed by atoms with Crippen LogP contribution in [0.3, 0.4) is 0 Å². The van der Waals surface area contributed by atoms with E-state index in [0.717, 1.165) is 18.9 Å². The average molecular weight is 586 g/mol. The summed E-state index contributed by atoms with van der Waals surface area (Å²) in [6, 6.07) is 6.24. The molecule has 0 amide bonds. The number of anilines is 2. The number of aromatic nitrogens is 3. The Morgan fingerprint density at radius 3 is 2.24 bits per heavy atom. The molecule has 0 radical (unpaired) electrons. The summed E-state index contributed by atoms with van der Waals surface area (Å²) in [6.07, 6.45) is -1.48. The SMILES string of the molecule is CN1CCC1.COc1nc(N2CC3CCC(C2)N3)c2cc(C(F)(F)F)c(-c3c(C)n(C)c4ccc(N)cc34)c(F)c2n1. The lowest BCUT2D eigenvalue weighted by Gasteiger charge is -2.34. The van der Waals surface area contributed by atoms with Gasteiger partial charge in [-0.2, -0.15) is 23.1 Å². The van der Waals surface area contributed by atoms with Gasteiger partial charge in [-0.15, -0.1) is 0 Å².